The fourth-order valence-corrected chi connectivity index (χ4v) is 3.05. The van der Waals surface area contributed by atoms with E-state index < -0.39 is 0 Å². The van der Waals surface area contributed by atoms with Gasteiger partial charge in [0.15, 0.2) is 0 Å². The van der Waals surface area contributed by atoms with Crippen LogP contribution in [0.3, 0.4) is 0 Å². The molecule has 0 aromatic heterocycles. The summed E-state index contributed by atoms with van der Waals surface area (Å²) < 4.78 is 5.12. The van der Waals surface area contributed by atoms with E-state index in [-0.39, 0.29) is 0 Å². The summed E-state index contributed by atoms with van der Waals surface area (Å²) in [5.74, 6) is 1.13. The van der Waals surface area contributed by atoms with Gasteiger partial charge in [-0.3, -0.25) is 0 Å². The summed E-state index contributed by atoms with van der Waals surface area (Å²) >= 11 is 1.95. The van der Waals surface area contributed by atoms with Crippen molar-refractivity contribution in [2.75, 3.05) is 26.0 Å². The number of methoxy groups -OCH3 is 1. The van der Waals surface area contributed by atoms with Crippen LogP contribution in [0.15, 0.2) is 29.2 Å². The van der Waals surface area contributed by atoms with Crippen molar-refractivity contribution in [2.45, 2.75) is 37.6 Å². The smallest absolute Gasteiger partial charge is 0.0462 e. The Hall–Kier alpha value is -0.510. The zero-order valence-electron chi connectivity index (χ0n) is 11.7. The zero-order chi connectivity index (χ0) is 13.2. The monoisotopic (exact) mass is 267 g/mol. The molecule has 18 heavy (non-hydrogen) atoms. The Morgan fingerprint density at radius 1 is 1.33 bits per heavy atom. The summed E-state index contributed by atoms with van der Waals surface area (Å²) in [4.78, 5) is 1.40. The second-order valence-electron chi connectivity index (χ2n) is 4.47. The molecule has 1 atom stereocenters. The van der Waals surface area contributed by atoms with Crippen molar-refractivity contribution in [3.63, 3.8) is 0 Å². The van der Waals surface area contributed by atoms with Crippen molar-refractivity contribution < 1.29 is 4.74 Å². The molecule has 1 N–H and O–H groups in total. The van der Waals surface area contributed by atoms with Gasteiger partial charge in [0.05, 0.1) is 0 Å². The highest BCUT2D eigenvalue weighted by Gasteiger charge is 2.08. The SMILES string of the molecule is CCNC(CCCOC)CSc1ccccc1C. The van der Waals surface area contributed by atoms with Gasteiger partial charge in [-0.05, 0) is 37.9 Å². The molecule has 0 amide bonds. The number of nitrogens with one attached hydrogen (secondary N) is 1. The van der Waals surface area contributed by atoms with Gasteiger partial charge in [-0.15, -0.1) is 11.8 Å². The zero-order valence-corrected chi connectivity index (χ0v) is 12.6. The lowest BCUT2D eigenvalue weighted by molar-refractivity contribution is 0.190. The lowest BCUT2D eigenvalue weighted by Gasteiger charge is -2.17. The van der Waals surface area contributed by atoms with Gasteiger partial charge in [0, 0.05) is 30.4 Å². The third-order valence-corrected chi connectivity index (χ3v) is 4.27. The molecule has 0 heterocycles. The maximum Gasteiger partial charge on any atom is 0.0462 e. The molecule has 0 saturated heterocycles. The van der Waals surface area contributed by atoms with Crippen molar-refractivity contribution >= 4 is 11.8 Å². The van der Waals surface area contributed by atoms with Crippen LogP contribution in [0.4, 0.5) is 0 Å². The Morgan fingerprint density at radius 3 is 2.78 bits per heavy atom. The van der Waals surface area contributed by atoms with Crippen molar-refractivity contribution in [3.8, 4) is 0 Å². The van der Waals surface area contributed by atoms with Crippen LogP contribution in [0, 0.1) is 6.92 Å². The van der Waals surface area contributed by atoms with Crippen LogP contribution in [-0.2, 0) is 4.74 Å². The van der Waals surface area contributed by atoms with Gasteiger partial charge in [-0.1, -0.05) is 25.1 Å². The van der Waals surface area contributed by atoms with E-state index in [0.717, 1.165) is 25.3 Å². The summed E-state index contributed by atoms with van der Waals surface area (Å²) in [7, 11) is 1.77. The summed E-state index contributed by atoms with van der Waals surface area (Å²) in [5.41, 5.74) is 1.37. The predicted octanol–water partition coefficient (Wildman–Crippen LogP) is 3.49. The highest BCUT2D eigenvalue weighted by Crippen LogP contribution is 2.23. The fourth-order valence-electron chi connectivity index (χ4n) is 1.92. The Labute approximate surface area is 116 Å². The average molecular weight is 267 g/mol. The molecule has 2 nitrogen and oxygen atoms in total. The van der Waals surface area contributed by atoms with Crippen LogP contribution < -0.4 is 5.32 Å². The average Bonchev–Trinajstić information content (AvgIpc) is 2.38. The Morgan fingerprint density at radius 2 is 2.11 bits per heavy atom. The molecule has 1 aromatic rings. The van der Waals surface area contributed by atoms with Crippen LogP contribution in [0.1, 0.15) is 25.3 Å². The van der Waals surface area contributed by atoms with Gasteiger partial charge in [-0.2, -0.15) is 0 Å². The summed E-state index contributed by atoms with van der Waals surface area (Å²) in [6.07, 6.45) is 2.31. The van der Waals surface area contributed by atoms with Gasteiger partial charge >= 0.3 is 0 Å². The maximum absolute atomic E-state index is 5.12. The molecular weight excluding hydrogens is 242 g/mol. The molecule has 1 unspecified atom stereocenters. The van der Waals surface area contributed by atoms with Crippen molar-refractivity contribution in [3.05, 3.63) is 29.8 Å². The third kappa shape index (κ3) is 5.89. The second kappa shape index (κ2) is 9.42. The van der Waals surface area contributed by atoms with Crippen LogP contribution in [0.5, 0.6) is 0 Å². The first kappa shape index (κ1) is 15.5. The predicted molar refractivity (Wildman–Crippen MR) is 80.5 cm³/mol. The van der Waals surface area contributed by atoms with E-state index in [2.05, 4.69) is 43.4 Å². The lowest BCUT2D eigenvalue weighted by atomic mass is 10.2. The Bertz CT molecular complexity index is 330. The van der Waals surface area contributed by atoms with E-state index in [1.807, 2.05) is 11.8 Å². The van der Waals surface area contributed by atoms with Crippen molar-refractivity contribution in [2.24, 2.45) is 0 Å². The molecule has 1 rings (SSSR count). The molecule has 0 fully saturated rings. The minimum Gasteiger partial charge on any atom is -0.385 e. The fraction of sp³-hybridized carbons (Fsp3) is 0.600. The molecule has 0 aliphatic carbocycles. The van der Waals surface area contributed by atoms with Crippen LogP contribution in [0.25, 0.3) is 0 Å². The largest absolute Gasteiger partial charge is 0.385 e. The molecule has 1 aromatic carbocycles. The normalized spacial score (nSPS) is 12.6. The quantitative estimate of drug-likeness (QED) is 0.546. The number of benzene rings is 1. The van der Waals surface area contributed by atoms with Gasteiger partial charge < -0.3 is 10.1 Å². The van der Waals surface area contributed by atoms with E-state index in [4.69, 9.17) is 4.74 Å². The van der Waals surface area contributed by atoms with E-state index in [9.17, 15) is 0 Å². The Balaban J connectivity index is 2.39. The maximum atomic E-state index is 5.12. The number of thioether (sulfide) groups is 1. The molecule has 0 aliphatic heterocycles. The molecule has 102 valence electrons. The van der Waals surface area contributed by atoms with E-state index in [1.165, 1.54) is 16.9 Å². The molecular formula is C15H25NOS. The van der Waals surface area contributed by atoms with Crippen LogP contribution >= 0.6 is 11.8 Å². The van der Waals surface area contributed by atoms with Gasteiger partial charge in [0.25, 0.3) is 0 Å². The first-order valence-corrected chi connectivity index (χ1v) is 7.67. The Kier molecular flexibility index (Phi) is 8.14. The highest BCUT2D eigenvalue weighted by molar-refractivity contribution is 7.99. The van der Waals surface area contributed by atoms with Crippen molar-refractivity contribution in [1.82, 2.24) is 5.32 Å². The van der Waals surface area contributed by atoms with Gasteiger partial charge in [-0.25, -0.2) is 0 Å². The summed E-state index contributed by atoms with van der Waals surface area (Å²) in [6, 6.07) is 9.17. The first-order chi connectivity index (χ1) is 8.77. The van der Waals surface area contributed by atoms with Gasteiger partial charge in [0.2, 0.25) is 0 Å². The highest BCUT2D eigenvalue weighted by atomic mass is 32.2. The molecule has 3 heteroatoms. The minimum absolute atomic E-state index is 0.578. The van der Waals surface area contributed by atoms with Gasteiger partial charge in [0.1, 0.15) is 0 Å². The summed E-state index contributed by atoms with van der Waals surface area (Å²) in [6.45, 7) is 6.24. The second-order valence-corrected chi connectivity index (χ2v) is 5.53. The van der Waals surface area contributed by atoms with E-state index >= 15 is 0 Å². The molecule has 0 bridgehead atoms. The van der Waals surface area contributed by atoms with E-state index in [1.54, 1.807) is 7.11 Å². The van der Waals surface area contributed by atoms with Crippen LogP contribution in [0.2, 0.25) is 0 Å². The number of aryl methyl sites for hydroxylation is 1. The standard InChI is InChI=1S/C15H25NOS/c1-4-16-14(9-7-11-17-3)12-18-15-10-6-5-8-13(15)2/h5-6,8,10,14,16H,4,7,9,11-12H2,1-3H3. The number of hydrogen-bond donors (Lipinski definition) is 1. The topological polar surface area (TPSA) is 21.3 Å². The summed E-state index contributed by atoms with van der Waals surface area (Å²) in [5, 5.41) is 3.55. The molecule has 0 aliphatic rings. The third-order valence-electron chi connectivity index (χ3n) is 2.93. The molecule has 0 radical (unpaired) electrons. The molecule has 0 saturated carbocycles. The number of hydrogen-bond acceptors (Lipinski definition) is 3. The minimum atomic E-state index is 0.578. The first-order valence-electron chi connectivity index (χ1n) is 6.68. The molecule has 0 spiro atoms. The lowest BCUT2D eigenvalue weighted by Crippen LogP contribution is -2.31. The van der Waals surface area contributed by atoms with E-state index in [0.29, 0.717) is 6.04 Å². The number of ether oxygens (including phenoxy) is 1. The number of rotatable bonds is 9. The van der Waals surface area contributed by atoms with Crippen molar-refractivity contribution in [1.29, 1.82) is 0 Å². The van der Waals surface area contributed by atoms with Crippen LogP contribution in [-0.4, -0.2) is 32.1 Å².